The van der Waals surface area contributed by atoms with Crippen LogP contribution < -0.4 is 4.74 Å². The molecule has 0 aliphatic heterocycles. The van der Waals surface area contributed by atoms with Gasteiger partial charge in [0.1, 0.15) is 0 Å². The van der Waals surface area contributed by atoms with E-state index in [-0.39, 0.29) is 5.88 Å². The van der Waals surface area contributed by atoms with Crippen molar-refractivity contribution in [1.82, 2.24) is 4.98 Å². The lowest BCUT2D eigenvalue weighted by atomic mass is 10.2. The number of halogens is 4. The van der Waals surface area contributed by atoms with E-state index in [9.17, 15) is 13.2 Å². The maximum atomic E-state index is 11.8. The van der Waals surface area contributed by atoms with Crippen LogP contribution in [0.1, 0.15) is 12.0 Å². The topological polar surface area (TPSA) is 22.1 Å². The van der Waals surface area contributed by atoms with Gasteiger partial charge in [0.2, 0.25) is 5.88 Å². The third kappa shape index (κ3) is 6.16. The summed E-state index contributed by atoms with van der Waals surface area (Å²) in [6.45, 7) is -1.33. The molecule has 0 atom stereocenters. The van der Waals surface area contributed by atoms with E-state index in [4.69, 9.17) is 11.6 Å². The molecule has 1 rings (SSSR count). The van der Waals surface area contributed by atoms with Gasteiger partial charge in [-0.15, -0.1) is 11.6 Å². The molecule has 0 unspecified atom stereocenters. The van der Waals surface area contributed by atoms with Gasteiger partial charge in [-0.2, -0.15) is 13.2 Å². The summed E-state index contributed by atoms with van der Waals surface area (Å²) in [7, 11) is 0. The fourth-order valence-electron chi connectivity index (χ4n) is 1.01. The lowest BCUT2D eigenvalue weighted by molar-refractivity contribution is -0.154. The van der Waals surface area contributed by atoms with Gasteiger partial charge in [0, 0.05) is 18.1 Å². The van der Waals surface area contributed by atoms with Crippen molar-refractivity contribution in [2.75, 3.05) is 12.5 Å². The Morgan fingerprint density at radius 2 is 2.12 bits per heavy atom. The quantitative estimate of drug-likeness (QED) is 0.758. The Balaban J connectivity index is 2.50. The van der Waals surface area contributed by atoms with E-state index < -0.39 is 12.8 Å². The van der Waals surface area contributed by atoms with Gasteiger partial charge < -0.3 is 4.74 Å². The molecule has 2 nitrogen and oxygen atoms in total. The van der Waals surface area contributed by atoms with Crippen molar-refractivity contribution in [3.8, 4) is 5.88 Å². The van der Waals surface area contributed by atoms with Gasteiger partial charge in [0.25, 0.3) is 0 Å². The lowest BCUT2D eigenvalue weighted by Crippen LogP contribution is -2.19. The summed E-state index contributed by atoms with van der Waals surface area (Å²) in [5, 5.41) is 0. The number of hydrogen-bond donors (Lipinski definition) is 0. The fraction of sp³-hybridized carbons (Fsp3) is 0.364. The molecule has 0 spiro atoms. The summed E-state index contributed by atoms with van der Waals surface area (Å²) in [4.78, 5) is 3.75. The molecule has 0 aliphatic carbocycles. The third-order valence-corrected chi connectivity index (χ3v) is 1.95. The van der Waals surface area contributed by atoms with E-state index in [1.807, 2.05) is 6.08 Å². The molecule has 0 bridgehead atoms. The van der Waals surface area contributed by atoms with Gasteiger partial charge in [0.15, 0.2) is 6.61 Å². The summed E-state index contributed by atoms with van der Waals surface area (Å²) in [5.74, 6) is 0.480. The number of ether oxygens (including phenoxy) is 1. The molecular formula is C11H11ClF3NO. The molecule has 0 radical (unpaired) electrons. The van der Waals surface area contributed by atoms with Crippen molar-refractivity contribution in [3.63, 3.8) is 0 Å². The van der Waals surface area contributed by atoms with Crippen LogP contribution in [-0.4, -0.2) is 23.6 Å². The number of hydrogen-bond acceptors (Lipinski definition) is 2. The largest absolute Gasteiger partial charge is 0.468 e. The van der Waals surface area contributed by atoms with Crippen molar-refractivity contribution in [3.05, 3.63) is 30.0 Å². The SMILES string of the molecule is FC(F)(F)COc1ccc(C=CCCCl)cn1. The maximum absolute atomic E-state index is 11.8. The second-order valence-electron chi connectivity index (χ2n) is 3.21. The van der Waals surface area contributed by atoms with Crippen molar-refractivity contribution >= 4 is 17.7 Å². The number of allylic oxidation sites excluding steroid dienone is 1. The standard InChI is InChI=1S/C11H11ClF3NO/c12-6-2-1-3-9-4-5-10(16-7-9)17-8-11(13,14)15/h1,3-5,7H,2,6,8H2. The molecule has 0 aromatic carbocycles. The van der Waals surface area contributed by atoms with Crippen molar-refractivity contribution < 1.29 is 17.9 Å². The lowest BCUT2D eigenvalue weighted by Gasteiger charge is -2.07. The van der Waals surface area contributed by atoms with Crippen LogP contribution in [0.15, 0.2) is 24.4 Å². The van der Waals surface area contributed by atoms with Crippen molar-refractivity contribution in [1.29, 1.82) is 0 Å². The Morgan fingerprint density at radius 3 is 2.65 bits per heavy atom. The predicted molar refractivity (Wildman–Crippen MR) is 60.2 cm³/mol. The highest BCUT2D eigenvalue weighted by molar-refractivity contribution is 6.17. The molecular weight excluding hydrogens is 255 g/mol. The van der Waals surface area contributed by atoms with Crippen LogP contribution in [-0.2, 0) is 0 Å². The van der Waals surface area contributed by atoms with Crippen molar-refractivity contribution in [2.24, 2.45) is 0 Å². The van der Waals surface area contributed by atoms with Crippen LogP contribution in [0.25, 0.3) is 6.08 Å². The monoisotopic (exact) mass is 265 g/mol. The zero-order valence-corrected chi connectivity index (χ0v) is 9.63. The van der Waals surface area contributed by atoms with Crippen LogP contribution in [0.3, 0.4) is 0 Å². The van der Waals surface area contributed by atoms with E-state index in [0.717, 1.165) is 12.0 Å². The molecule has 17 heavy (non-hydrogen) atoms. The van der Waals surface area contributed by atoms with Gasteiger partial charge in [0.05, 0.1) is 0 Å². The number of nitrogens with zero attached hydrogens (tertiary/aromatic N) is 1. The van der Waals surface area contributed by atoms with Gasteiger partial charge in [-0.1, -0.05) is 12.2 Å². The second kappa shape index (κ2) is 6.49. The Morgan fingerprint density at radius 1 is 1.35 bits per heavy atom. The predicted octanol–water partition coefficient (Wildman–Crippen LogP) is 3.66. The molecule has 0 saturated carbocycles. The average Bonchev–Trinajstić information content (AvgIpc) is 2.27. The van der Waals surface area contributed by atoms with E-state index in [1.165, 1.54) is 12.3 Å². The van der Waals surface area contributed by atoms with Gasteiger partial charge in [-0.05, 0) is 18.1 Å². The molecule has 0 fully saturated rings. The van der Waals surface area contributed by atoms with Crippen LogP contribution in [0.4, 0.5) is 13.2 Å². The summed E-state index contributed by atoms with van der Waals surface area (Å²) < 4.78 is 40.0. The summed E-state index contributed by atoms with van der Waals surface area (Å²) in [5.41, 5.74) is 0.787. The number of pyridine rings is 1. The van der Waals surface area contributed by atoms with Gasteiger partial charge in [-0.25, -0.2) is 4.98 Å². The first-order valence-corrected chi connectivity index (χ1v) is 5.43. The normalized spacial score (nSPS) is 12.0. The molecule has 6 heteroatoms. The maximum Gasteiger partial charge on any atom is 0.422 e. The van der Waals surface area contributed by atoms with Crippen LogP contribution in [0.5, 0.6) is 5.88 Å². The number of aromatic nitrogens is 1. The molecule has 0 aliphatic rings. The Bertz CT molecular complexity index is 362. The summed E-state index contributed by atoms with van der Waals surface area (Å²) in [6, 6.07) is 3.02. The minimum absolute atomic E-state index is 0.0446. The Hall–Kier alpha value is -1.23. The molecule has 0 amide bonds. The van der Waals surface area contributed by atoms with Crippen LogP contribution >= 0.6 is 11.6 Å². The Labute approximate surface area is 102 Å². The highest BCUT2D eigenvalue weighted by Crippen LogP contribution is 2.17. The van der Waals surface area contributed by atoms with Gasteiger partial charge >= 0.3 is 6.18 Å². The van der Waals surface area contributed by atoms with E-state index in [0.29, 0.717) is 5.88 Å². The van der Waals surface area contributed by atoms with Crippen molar-refractivity contribution in [2.45, 2.75) is 12.6 Å². The van der Waals surface area contributed by atoms with Crippen LogP contribution in [0.2, 0.25) is 0 Å². The van der Waals surface area contributed by atoms with Crippen LogP contribution in [0, 0.1) is 0 Å². The molecule has 0 N–H and O–H groups in total. The molecule has 94 valence electrons. The third-order valence-electron chi connectivity index (χ3n) is 1.73. The average molecular weight is 266 g/mol. The minimum atomic E-state index is -4.35. The number of alkyl halides is 4. The first-order chi connectivity index (χ1) is 8.01. The fourth-order valence-corrected chi connectivity index (χ4v) is 1.14. The van der Waals surface area contributed by atoms with E-state index in [1.54, 1.807) is 12.1 Å². The van der Waals surface area contributed by atoms with Gasteiger partial charge in [-0.3, -0.25) is 0 Å². The molecule has 1 aromatic rings. The Kier molecular flexibility index (Phi) is 5.28. The minimum Gasteiger partial charge on any atom is -0.468 e. The first-order valence-electron chi connectivity index (χ1n) is 4.89. The van der Waals surface area contributed by atoms with E-state index in [2.05, 4.69) is 9.72 Å². The second-order valence-corrected chi connectivity index (χ2v) is 3.59. The molecule has 1 aromatic heterocycles. The first kappa shape index (κ1) is 13.8. The summed E-state index contributed by atoms with van der Waals surface area (Å²) >= 11 is 5.48. The smallest absolute Gasteiger partial charge is 0.422 e. The zero-order valence-electron chi connectivity index (χ0n) is 8.88. The van der Waals surface area contributed by atoms with E-state index >= 15 is 0 Å². The molecule has 0 saturated heterocycles. The summed E-state index contributed by atoms with van der Waals surface area (Å²) in [6.07, 6.45) is 1.48. The molecule has 1 heterocycles. The number of rotatable bonds is 5. The zero-order chi connectivity index (χ0) is 12.7. The highest BCUT2D eigenvalue weighted by atomic mass is 35.5. The highest BCUT2D eigenvalue weighted by Gasteiger charge is 2.28.